The lowest BCUT2D eigenvalue weighted by atomic mass is 10.3. The van der Waals surface area contributed by atoms with Gasteiger partial charge in [0.1, 0.15) is 0 Å². The second kappa shape index (κ2) is 8.52. The number of halogens is 1. The topological polar surface area (TPSA) is 60.9 Å². The van der Waals surface area contributed by atoms with Crippen molar-refractivity contribution in [2.75, 3.05) is 44.7 Å². The minimum Gasteiger partial charge on any atom is -0.314 e. The third kappa shape index (κ3) is 4.76. The lowest BCUT2D eigenvalue weighted by Crippen LogP contribution is -2.51. The molecule has 0 N–H and O–H groups in total. The van der Waals surface area contributed by atoms with E-state index in [0.717, 1.165) is 10.2 Å². The fourth-order valence-electron chi connectivity index (χ4n) is 2.98. The van der Waals surface area contributed by atoms with Crippen LogP contribution in [0.5, 0.6) is 0 Å². The average molecular weight is 452 g/mol. The zero-order valence-corrected chi connectivity index (χ0v) is 17.5. The Balaban J connectivity index is 1.57. The molecular formula is C19H22BrN3O3S. The number of rotatable bonds is 5. The number of carbonyl (C=O) groups is 1. The Kier molecular flexibility index (Phi) is 6.31. The van der Waals surface area contributed by atoms with Crippen LogP contribution in [0.3, 0.4) is 0 Å². The molecule has 1 amide bonds. The number of carbonyl (C=O) groups excluding carboxylic acids is 1. The van der Waals surface area contributed by atoms with Crippen LogP contribution in [-0.4, -0.2) is 63.3 Å². The highest BCUT2D eigenvalue weighted by molar-refractivity contribution is 9.10. The number of sulfonamides is 1. The summed E-state index contributed by atoms with van der Waals surface area (Å²) in [6.07, 6.45) is 0. The normalized spacial score (nSPS) is 16.2. The highest BCUT2D eigenvalue weighted by atomic mass is 79.9. The number of anilines is 1. The number of hydrogen-bond acceptors (Lipinski definition) is 4. The Morgan fingerprint density at radius 3 is 2.19 bits per heavy atom. The van der Waals surface area contributed by atoms with E-state index in [4.69, 9.17) is 0 Å². The van der Waals surface area contributed by atoms with Gasteiger partial charge in [0, 0.05) is 43.4 Å². The fourth-order valence-corrected chi connectivity index (χ4v) is 4.66. The first-order valence-corrected chi connectivity index (χ1v) is 10.9. The molecule has 0 aliphatic carbocycles. The molecule has 1 aliphatic heterocycles. The van der Waals surface area contributed by atoms with E-state index in [1.165, 1.54) is 4.31 Å². The zero-order chi connectivity index (χ0) is 19.4. The summed E-state index contributed by atoms with van der Waals surface area (Å²) in [7, 11) is -1.74. The number of benzene rings is 2. The highest BCUT2D eigenvalue weighted by Gasteiger charge is 2.29. The molecule has 0 unspecified atom stereocenters. The van der Waals surface area contributed by atoms with Gasteiger partial charge in [-0.25, -0.2) is 8.42 Å². The average Bonchev–Trinajstić information content (AvgIpc) is 2.69. The van der Waals surface area contributed by atoms with Gasteiger partial charge in [-0.05, 0) is 36.4 Å². The second-order valence-corrected chi connectivity index (χ2v) is 9.28. The quantitative estimate of drug-likeness (QED) is 0.700. The van der Waals surface area contributed by atoms with E-state index in [9.17, 15) is 13.2 Å². The standard InChI is InChI=1S/C19H22BrN3O3S/c1-21(17-5-3-2-4-6-17)19(24)15-22-11-13-23(14-12-22)27(25,26)18-9-7-16(20)8-10-18/h2-10H,11-15H2,1H3. The summed E-state index contributed by atoms with van der Waals surface area (Å²) in [6, 6.07) is 16.1. The highest BCUT2D eigenvalue weighted by Crippen LogP contribution is 2.20. The molecule has 6 nitrogen and oxygen atoms in total. The van der Waals surface area contributed by atoms with Gasteiger partial charge >= 0.3 is 0 Å². The van der Waals surface area contributed by atoms with Crippen LogP contribution in [-0.2, 0) is 14.8 Å². The van der Waals surface area contributed by atoms with E-state index in [0.29, 0.717) is 31.1 Å². The van der Waals surface area contributed by atoms with E-state index < -0.39 is 10.0 Å². The van der Waals surface area contributed by atoms with E-state index in [1.807, 2.05) is 35.2 Å². The fraction of sp³-hybridized carbons (Fsp3) is 0.316. The lowest BCUT2D eigenvalue weighted by Gasteiger charge is -2.34. The SMILES string of the molecule is CN(C(=O)CN1CCN(S(=O)(=O)c2ccc(Br)cc2)CC1)c1ccccc1. The molecule has 8 heteroatoms. The van der Waals surface area contributed by atoms with Crippen LogP contribution in [0, 0.1) is 0 Å². The predicted molar refractivity (Wildman–Crippen MR) is 109 cm³/mol. The van der Waals surface area contributed by atoms with E-state index >= 15 is 0 Å². The molecule has 1 heterocycles. The first kappa shape index (κ1) is 20.0. The molecular weight excluding hydrogens is 430 g/mol. The number of piperazine rings is 1. The molecule has 1 fully saturated rings. The smallest absolute Gasteiger partial charge is 0.243 e. The van der Waals surface area contributed by atoms with Crippen molar-refractivity contribution < 1.29 is 13.2 Å². The van der Waals surface area contributed by atoms with Crippen LogP contribution in [0.15, 0.2) is 64.0 Å². The van der Waals surface area contributed by atoms with Gasteiger partial charge in [-0.15, -0.1) is 0 Å². The molecule has 0 bridgehead atoms. The molecule has 2 aromatic carbocycles. The van der Waals surface area contributed by atoms with Gasteiger partial charge in [-0.3, -0.25) is 9.69 Å². The van der Waals surface area contributed by atoms with Gasteiger partial charge in [0.2, 0.25) is 15.9 Å². The molecule has 0 spiro atoms. The van der Waals surface area contributed by atoms with Crippen LogP contribution in [0.4, 0.5) is 5.69 Å². The van der Waals surface area contributed by atoms with E-state index in [-0.39, 0.29) is 12.5 Å². The molecule has 0 atom stereocenters. The van der Waals surface area contributed by atoms with Crippen molar-refractivity contribution >= 4 is 37.5 Å². The number of hydrogen-bond donors (Lipinski definition) is 0. The Bertz CT molecular complexity index is 880. The molecule has 1 aliphatic rings. The Morgan fingerprint density at radius 1 is 1.00 bits per heavy atom. The van der Waals surface area contributed by atoms with Crippen molar-refractivity contribution in [2.24, 2.45) is 0 Å². The Labute approximate surface area is 168 Å². The van der Waals surface area contributed by atoms with Crippen molar-refractivity contribution in [3.8, 4) is 0 Å². The third-order valence-corrected chi connectivity index (χ3v) is 7.10. The number of para-hydroxylation sites is 1. The molecule has 0 saturated carbocycles. The number of nitrogens with zero attached hydrogens (tertiary/aromatic N) is 3. The molecule has 0 aromatic heterocycles. The van der Waals surface area contributed by atoms with Gasteiger partial charge in [-0.1, -0.05) is 34.1 Å². The minimum absolute atomic E-state index is 0.00887. The summed E-state index contributed by atoms with van der Waals surface area (Å²) in [5, 5.41) is 0. The zero-order valence-electron chi connectivity index (χ0n) is 15.1. The van der Waals surface area contributed by atoms with Crippen molar-refractivity contribution in [2.45, 2.75) is 4.90 Å². The Hall–Kier alpha value is -1.74. The molecule has 144 valence electrons. The van der Waals surface area contributed by atoms with Crippen LogP contribution in [0.25, 0.3) is 0 Å². The Morgan fingerprint density at radius 2 is 1.59 bits per heavy atom. The molecule has 1 saturated heterocycles. The molecule has 27 heavy (non-hydrogen) atoms. The lowest BCUT2D eigenvalue weighted by molar-refractivity contribution is -0.119. The van der Waals surface area contributed by atoms with Crippen LogP contribution in [0.2, 0.25) is 0 Å². The molecule has 3 rings (SSSR count). The van der Waals surface area contributed by atoms with Crippen LogP contribution < -0.4 is 4.90 Å². The van der Waals surface area contributed by atoms with Crippen molar-refractivity contribution in [3.05, 3.63) is 59.1 Å². The number of likely N-dealkylation sites (N-methyl/N-ethyl adjacent to an activating group) is 1. The first-order chi connectivity index (χ1) is 12.9. The third-order valence-electron chi connectivity index (χ3n) is 4.66. The van der Waals surface area contributed by atoms with Crippen LogP contribution in [0.1, 0.15) is 0 Å². The molecule has 2 aromatic rings. The van der Waals surface area contributed by atoms with Gasteiger partial charge in [0.25, 0.3) is 0 Å². The van der Waals surface area contributed by atoms with Gasteiger partial charge in [-0.2, -0.15) is 4.31 Å². The van der Waals surface area contributed by atoms with Crippen molar-refractivity contribution in [1.82, 2.24) is 9.21 Å². The van der Waals surface area contributed by atoms with Crippen LogP contribution >= 0.6 is 15.9 Å². The maximum atomic E-state index is 12.7. The van der Waals surface area contributed by atoms with E-state index in [2.05, 4.69) is 15.9 Å². The second-order valence-electron chi connectivity index (χ2n) is 6.42. The summed E-state index contributed by atoms with van der Waals surface area (Å²) in [4.78, 5) is 16.4. The summed E-state index contributed by atoms with van der Waals surface area (Å²) in [5.41, 5.74) is 0.846. The largest absolute Gasteiger partial charge is 0.314 e. The summed E-state index contributed by atoms with van der Waals surface area (Å²) in [5.74, 6) is -0.00887. The van der Waals surface area contributed by atoms with Gasteiger partial charge in [0.05, 0.1) is 11.4 Å². The predicted octanol–water partition coefficient (Wildman–Crippen LogP) is 2.42. The summed E-state index contributed by atoms with van der Waals surface area (Å²) < 4.78 is 27.8. The van der Waals surface area contributed by atoms with Crippen molar-refractivity contribution in [1.29, 1.82) is 0 Å². The molecule has 0 radical (unpaired) electrons. The maximum Gasteiger partial charge on any atom is 0.243 e. The minimum atomic E-state index is -3.50. The monoisotopic (exact) mass is 451 g/mol. The van der Waals surface area contributed by atoms with Gasteiger partial charge < -0.3 is 4.90 Å². The van der Waals surface area contributed by atoms with E-state index in [1.54, 1.807) is 36.2 Å². The van der Waals surface area contributed by atoms with Crippen molar-refractivity contribution in [3.63, 3.8) is 0 Å². The first-order valence-electron chi connectivity index (χ1n) is 8.67. The number of amides is 1. The van der Waals surface area contributed by atoms with Gasteiger partial charge in [0.15, 0.2) is 0 Å². The summed E-state index contributed by atoms with van der Waals surface area (Å²) >= 11 is 3.32. The maximum absolute atomic E-state index is 12.7. The summed E-state index contributed by atoms with van der Waals surface area (Å²) in [6.45, 7) is 2.09.